The van der Waals surface area contributed by atoms with Crippen molar-refractivity contribution < 1.29 is 15.0 Å². The summed E-state index contributed by atoms with van der Waals surface area (Å²) in [6.45, 7) is 2.59. The summed E-state index contributed by atoms with van der Waals surface area (Å²) < 4.78 is 0. The summed E-state index contributed by atoms with van der Waals surface area (Å²) in [6.07, 6.45) is 2.33. The first-order valence-electron chi connectivity index (χ1n) is 5.53. The van der Waals surface area contributed by atoms with Crippen LogP contribution in [0.3, 0.4) is 0 Å². The quantitative estimate of drug-likeness (QED) is 0.691. The van der Waals surface area contributed by atoms with Crippen LogP contribution in [0, 0.1) is 18.8 Å². The van der Waals surface area contributed by atoms with Gasteiger partial charge in [-0.15, -0.1) is 0 Å². The zero-order valence-electron chi connectivity index (χ0n) is 9.55. The molecule has 1 aliphatic carbocycles. The van der Waals surface area contributed by atoms with Crippen molar-refractivity contribution in [3.63, 3.8) is 0 Å². The van der Waals surface area contributed by atoms with Gasteiger partial charge in [-0.25, -0.2) is 14.8 Å². The molecule has 3 N–H and O–H groups in total. The maximum absolute atomic E-state index is 10.8. The zero-order valence-corrected chi connectivity index (χ0v) is 9.55. The first kappa shape index (κ1) is 11.8. The van der Waals surface area contributed by atoms with Crippen molar-refractivity contribution in [1.29, 1.82) is 0 Å². The molecule has 0 aliphatic heterocycles. The number of nitrogens with zero attached hydrogens (tertiary/aromatic N) is 2. The fourth-order valence-electron chi connectivity index (χ4n) is 1.77. The monoisotopic (exact) mass is 237 g/mol. The van der Waals surface area contributed by atoms with E-state index in [4.69, 9.17) is 10.2 Å². The zero-order chi connectivity index (χ0) is 12.4. The maximum atomic E-state index is 10.8. The number of aliphatic hydroxyl groups is 1. The van der Waals surface area contributed by atoms with E-state index in [1.807, 2.05) is 0 Å². The molecule has 0 spiro atoms. The average molecular weight is 237 g/mol. The van der Waals surface area contributed by atoms with Crippen LogP contribution in [0.1, 0.15) is 22.5 Å². The van der Waals surface area contributed by atoms with Gasteiger partial charge >= 0.3 is 5.97 Å². The minimum absolute atomic E-state index is 0.121. The second-order valence-electron chi connectivity index (χ2n) is 4.32. The lowest BCUT2D eigenvalue weighted by Crippen LogP contribution is -2.11. The van der Waals surface area contributed by atoms with E-state index < -0.39 is 5.97 Å². The number of rotatable bonds is 5. The van der Waals surface area contributed by atoms with Crippen LogP contribution >= 0.6 is 0 Å². The number of carboxylic acids is 1. The Labute approximate surface area is 98.7 Å². The van der Waals surface area contributed by atoms with Crippen LogP contribution in [-0.4, -0.2) is 39.3 Å². The predicted molar refractivity (Wildman–Crippen MR) is 60.9 cm³/mol. The number of aryl methyl sites for hydroxylation is 1. The molecule has 0 saturated heterocycles. The third-order valence-electron chi connectivity index (χ3n) is 3.04. The van der Waals surface area contributed by atoms with E-state index in [0.717, 1.165) is 13.0 Å². The molecule has 0 amide bonds. The fraction of sp³-hybridized carbons (Fsp3) is 0.545. The largest absolute Gasteiger partial charge is 0.478 e. The van der Waals surface area contributed by atoms with Gasteiger partial charge in [0.25, 0.3) is 0 Å². The van der Waals surface area contributed by atoms with Gasteiger partial charge < -0.3 is 15.5 Å². The van der Waals surface area contributed by atoms with E-state index in [1.54, 1.807) is 6.92 Å². The number of hydrogen-bond donors (Lipinski definition) is 3. The number of anilines is 1. The van der Waals surface area contributed by atoms with Crippen molar-refractivity contribution in [2.45, 2.75) is 13.3 Å². The number of nitrogens with one attached hydrogen (secondary N) is 1. The molecule has 1 heterocycles. The van der Waals surface area contributed by atoms with Crippen molar-refractivity contribution in [3.8, 4) is 0 Å². The van der Waals surface area contributed by atoms with Crippen molar-refractivity contribution in [2.24, 2.45) is 11.8 Å². The van der Waals surface area contributed by atoms with Gasteiger partial charge in [-0.1, -0.05) is 0 Å². The van der Waals surface area contributed by atoms with Crippen LogP contribution < -0.4 is 5.32 Å². The second-order valence-corrected chi connectivity index (χ2v) is 4.32. The van der Waals surface area contributed by atoms with Gasteiger partial charge in [0.1, 0.15) is 0 Å². The van der Waals surface area contributed by atoms with Crippen molar-refractivity contribution in [3.05, 3.63) is 17.5 Å². The summed E-state index contributed by atoms with van der Waals surface area (Å²) in [5.74, 6) is 0.289. The topological polar surface area (TPSA) is 95.3 Å². The Bertz CT molecular complexity index is 436. The van der Waals surface area contributed by atoms with Gasteiger partial charge in [-0.2, -0.15) is 0 Å². The number of aliphatic hydroxyl groups excluding tert-OH is 1. The SMILES string of the molecule is Cc1nc(NC[C@@H]2C[C@H]2CO)ncc1C(=O)O. The van der Waals surface area contributed by atoms with E-state index in [0.29, 0.717) is 23.5 Å². The molecule has 17 heavy (non-hydrogen) atoms. The molecule has 1 aliphatic rings. The molecule has 1 saturated carbocycles. The van der Waals surface area contributed by atoms with E-state index in [2.05, 4.69) is 15.3 Å². The second kappa shape index (κ2) is 4.67. The van der Waals surface area contributed by atoms with Crippen molar-refractivity contribution >= 4 is 11.9 Å². The van der Waals surface area contributed by atoms with Gasteiger partial charge in [0.15, 0.2) is 0 Å². The number of carbonyl (C=O) groups is 1. The van der Waals surface area contributed by atoms with Crippen molar-refractivity contribution in [2.75, 3.05) is 18.5 Å². The minimum atomic E-state index is -1.02. The van der Waals surface area contributed by atoms with Crippen LogP contribution in [0.15, 0.2) is 6.20 Å². The lowest BCUT2D eigenvalue weighted by molar-refractivity contribution is 0.0695. The van der Waals surface area contributed by atoms with Crippen LogP contribution in [0.2, 0.25) is 0 Å². The Morgan fingerprint density at radius 1 is 1.59 bits per heavy atom. The van der Waals surface area contributed by atoms with Gasteiger partial charge in [-0.3, -0.25) is 0 Å². The number of aromatic carboxylic acids is 1. The third kappa shape index (κ3) is 2.71. The number of aromatic nitrogens is 2. The maximum Gasteiger partial charge on any atom is 0.339 e. The highest BCUT2D eigenvalue weighted by Gasteiger charge is 2.35. The fourth-order valence-corrected chi connectivity index (χ4v) is 1.77. The molecule has 6 heteroatoms. The van der Waals surface area contributed by atoms with Gasteiger partial charge in [0, 0.05) is 19.3 Å². The van der Waals surface area contributed by atoms with E-state index in [9.17, 15) is 4.79 Å². The molecule has 1 fully saturated rings. The molecule has 1 aromatic rings. The summed E-state index contributed by atoms with van der Waals surface area (Å²) in [6, 6.07) is 0. The number of hydrogen-bond acceptors (Lipinski definition) is 5. The highest BCUT2D eigenvalue weighted by molar-refractivity contribution is 5.88. The molecule has 2 atom stereocenters. The molecule has 0 aromatic carbocycles. The minimum Gasteiger partial charge on any atom is -0.478 e. The first-order valence-corrected chi connectivity index (χ1v) is 5.53. The Hall–Kier alpha value is -1.69. The Kier molecular flexibility index (Phi) is 3.23. The van der Waals surface area contributed by atoms with Crippen LogP contribution in [0.5, 0.6) is 0 Å². The average Bonchev–Trinajstić information content (AvgIpc) is 3.04. The molecule has 0 unspecified atom stereocenters. The summed E-state index contributed by atoms with van der Waals surface area (Å²) in [4.78, 5) is 18.8. The lowest BCUT2D eigenvalue weighted by atomic mass is 10.2. The van der Waals surface area contributed by atoms with E-state index in [-0.39, 0.29) is 12.2 Å². The lowest BCUT2D eigenvalue weighted by Gasteiger charge is -2.06. The molecular formula is C11H15N3O3. The molecule has 2 rings (SSSR count). The van der Waals surface area contributed by atoms with Crippen LogP contribution in [0.4, 0.5) is 5.95 Å². The smallest absolute Gasteiger partial charge is 0.339 e. The molecule has 0 radical (unpaired) electrons. The molecule has 92 valence electrons. The highest BCUT2D eigenvalue weighted by Crippen LogP contribution is 2.37. The van der Waals surface area contributed by atoms with Gasteiger partial charge in [-0.05, 0) is 25.2 Å². The van der Waals surface area contributed by atoms with E-state index in [1.165, 1.54) is 6.20 Å². The van der Waals surface area contributed by atoms with Gasteiger partial charge in [0.2, 0.25) is 5.95 Å². The summed E-state index contributed by atoms with van der Waals surface area (Å²) >= 11 is 0. The normalized spacial score (nSPS) is 22.2. The molecule has 6 nitrogen and oxygen atoms in total. The van der Waals surface area contributed by atoms with Crippen LogP contribution in [-0.2, 0) is 0 Å². The summed E-state index contributed by atoms with van der Waals surface area (Å²) in [7, 11) is 0. The van der Waals surface area contributed by atoms with Gasteiger partial charge in [0.05, 0.1) is 11.3 Å². The summed E-state index contributed by atoms with van der Waals surface area (Å²) in [5, 5.41) is 20.8. The predicted octanol–water partition coefficient (Wildman–Crippen LogP) is 0.524. The molecule has 1 aromatic heterocycles. The van der Waals surface area contributed by atoms with Crippen LogP contribution in [0.25, 0.3) is 0 Å². The first-order chi connectivity index (χ1) is 8.11. The number of carboxylic acid groups (broad SMARTS) is 1. The van der Waals surface area contributed by atoms with E-state index >= 15 is 0 Å². The standard InChI is InChI=1S/C11H15N3O3/c1-6-9(10(16)17)4-13-11(14-6)12-3-7-2-8(7)5-15/h4,7-8,15H,2-3,5H2,1H3,(H,16,17)(H,12,13,14)/t7-,8-/m0/s1. The molecular weight excluding hydrogens is 222 g/mol. The Morgan fingerprint density at radius 3 is 2.88 bits per heavy atom. The van der Waals surface area contributed by atoms with Crippen molar-refractivity contribution in [1.82, 2.24) is 9.97 Å². The highest BCUT2D eigenvalue weighted by atomic mass is 16.4. The third-order valence-corrected chi connectivity index (χ3v) is 3.04. The Balaban J connectivity index is 1.94. The Morgan fingerprint density at radius 2 is 2.35 bits per heavy atom. The molecule has 0 bridgehead atoms. The summed E-state index contributed by atoms with van der Waals surface area (Å²) in [5.41, 5.74) is 0.569.